The maximum Gasteiger partial charge on any atom is 0.310 e. The van der Waals surface area contributed by atoms with Gasteiger partial charge in [0.25, 0.3) is 0 Å². The van der Waals surface area contributed by atoms with E-state index in [4.69, 9.17) is 0 Å². The Labute approximate surface area is 110 Å². The third kappa shape index (κ3) is 2.86. The zero-order valence-corrected chi connectivity index (χ0v) is 11.7. The second-order valence-electron chi connectivity index (χ2n) is 6.23. The number of rotatable bonds is 3. The van der Waals surface area contributed by atoms with Crippen LogP contribution in [0.5, 0.6) is 0 Å². The van der Waals surface area contributed by atoms with Crippen LogP contribution in [0.4, 0.5) is 0 Å². The molecule has 104 valence electrons. The van der Waals surface area contributed by atoms with Crippen LogP contribution in [0.3, 0.4) is 0 Å². The molecule has 2 fully saturated rings. The van der Waals surface area contributed by atoms with Crippen LogP contribution in [-0.4, -0.2) is 60.1 Å². The van der Waals surface area contributed by atoms with Gasteiger partial charge in [0.15, 0.2) is 0 Å². The van der Waals surface area contributed by atoms with Gasteiger partial charge < -0.3 is 10.0 Å². The fraction of sp³-hybridized carbons (Fsp3) is 0.929. The molecule has 0 aromatic heterocycles. The molecular formula is C14H26N2O2. The normalized spacial score (nSPS) is 30.2. The average Bonchev–Trinajstić information content (AvgIpc) is 2.71. The molecule has 2 aliphatic rings. The van der Waals surface area contributed by atoms with Crippen LogP contribution in [0.25, 0.3) is 0 Å². The Hall–Kier alpha value is -0.610. The predicted octanol–water partition coefficient (Wildman–Crippen LogP) is 1.66. The van der Waals surface area contributed by atoms with Gasteiger partial charge in [0.05, 0.1) is 5.41 Å². The summed E-state index contributed by atoms with van der Waals surface area (Å²) in [6.07, 6.45) is 5.03. The second kappa shape index (κ2) is 5.57. The van der Waals surface area contributed by atoms with Gasteiger partial charge in [-0.2, -0.15) is 0 Å². The topological polar surface area (TPSA) is 43.8 Å². The van der Waals surface area contributed by atoms with Crippen molar-refractivity contribution in [3.8, 4) is 0 Å². The van der Waals surface area contributed by atoms with Crippen LogP contribution in [0, 0.1) is 5.41 Å². The van der Waals surface area contributed by atoms with E-state index < -0.39 is 11.4 Å². The second-order valence-corrected chi connectivity index (χ2v) is 6.23. The Kier molecular flexibility index (Phi) is 4.28. The lowest BCUT2D eigenvalue weighted by molar-refractivity contribution is -0.150. The van der Waals surface area contributed by atoms with Crippen molar-refractivity contribution in [3.05, 3.63) is 0 Å². The molecule has 0 aromatic rings. The number of likely N-dealkylation sites (N-methyl/N-ethyl adjacent to an activating group) is 1. The van der Waals surface area contributed by atoms with Crippen molar-refractivity contribution in [2.24, 2.45) is 5.41 Å². The van der Waals surface area contributed by atoms with Crippen LogP contribution in [0.15, 0.2) is 0 Å². The van der Waals surface area contributed by atoms with Crippen LogP contribution in [0.1, 0.15) is 39.0 Å². The molecule has 1 saturated heterocycles. The van der Waals surface area contributed by atoms with Crippen LogP contribution < -0.4 is 0 Å². The first-order chi connectivity index (χ1) is 8.53. The molecule has 4 heteroatoms. The van der Waals surface area contributed by atoms with E-state index in [1.807, 2.05) is 0 Å². The Balaban J connectivity index is 2.04. The van der Waals surface area contributed by atoms with Crippen molar-refractivity contribution in [1.29, 1.82) is 0 Å². The van der Waals surface area contributed by atoms with Crippen molar-refractivity contribution in [2.75, 3.05) is 33.2 Å². The van der Waals surface area contributed by atoms with Gasteiger partial charge in [-0.1, -0.05) is 12.8 Å². The first-order valence-corrected chi connectivity index (χ1v) is 7.19. The number of carboxylic acids is 1. The van der Waals surface area contributed by atoms with Gasteiger partial charge in [-0.25, -0.2) is 0 Å². The highest BCUT2D eigenvalue weighted by molar-refractivity contribution is 5.75. The minimum absolute atomic E-state index is 0.461. The molecular weight excluding hydrogens is 228 g/mol. The average molecular weight is 254 g/mol. The van der Waals surface area contributed by atoms with E-state index >= 15 is 0 Å². The molecule has 1 aliphatic heterocycles. The summed E-state index contributed by atoms with van der Waals surface area (Å²) in [6.45, 7) is 6.20. The molecule has 2 rings (SSSR count). The summed E-state index contributed by atoms with van der Waals surface area (Å²) in [5.74, 6) is -0.579. The zero-order chi connectivity index (χ0) is 13.2. The Bertz CT molecular complexity index is 300. The van der Waals surface area contributed by atoms with Gasteiger partial charge in [-0.05, 0) is 46.3 Å². The van der Waals surface area contributed by atoms with E-state index in [1.54, 1.807) is 0 Å². The molecule has 1 N–H and O–H groups in total. The van der Waals surface area contributed by atoms with E-state index in [9.17, 15) is 9.90 Å². The number of carbonyl (C=O) groups is 1. The summed E-state index contributed by atoms with van der Waals surface area (Å²) in [5, 5.41) is 9.57. The molecule has 1 heterocycles. The molecule has 0 bridgehead atoms. The van der Waals surface area contributed by atoms with Crippen molar-refractivity contribution >= 4 is 5.97 Å². The highest BCUT2D eigenvalue weighted by Gasteiger charge is 2.43. The van der Waals surface area contributed by atoms with E-state index in [1.165, 1.54) is 0 Å². The maximum absolute atomic E-state index is 11.6. The molecule has 0 aromatic carbocycles. The highest BCUT2D eigenvalue weighted by atomic mass is 16.4. The molecule has 1 unspecified atom stereocenters. The van der Waals surface area contributed by atoms with Gasteiger partial charge in [0.1, 0.15) is 0 Å². The number of carboxylic acid groups (broad SMARTS) is 1. The van der Waals surface area contributed by atoms with Crippen LogP contribution in [-0.2, 0) is 4.79 Å². The Morgan fingerprint density at radius 1 is 1.28 bits per heavy atom. The SMILES string of the molecule is CC1CN(C)CCCN1CC1(C(=O)O)CCCC1. The fourth-order valence-electron chi connectivity index (χ4n) is 3.54. The third-order valence-corrected chi connectivity index (χ3v) is 4.70. The number of nitrogens with zero attached hydrogens (tertiary/aromatic N) is 2. The van der Waals surface area contributed by atoms with E-state index in [-0.39, 0.29) is 0 Å². The quantitative estimate of drug-likeness (QED) is 0.832. The molecule has 1 aliphatic carbocycles. The minimum atomic E-state index is -0.579. The van der Waals surface area contributed by atoms with Gasteiger partial charge in [-0.15, -0.1) is 0 Å². The number of hydrogen-bond acceptors (Lipinski definition) is 3. The van der Waals surface area contributed by atoms with E-state index in [0.717, 1.165) is 58.3 Å². The molecule has 1 atom stereocenters. The monoisotopic (exact) mass is 254 g/mol. The minimum Gasteiger partial charge on any atom is -0.481 e. The zero-order valence-electron chi connectivity index (χ0n) is 11.7. The first kappa shape index (κ1) is 13.8. The standard InChI is InChI=1S/C14H26N2O2/c1-12-10-15(2)8-5-9-16(12)11-14(13(17)18)6-3-4-7-14/h12H,3-11H2,1-2H3,(H,17,18). The van der Waals surface area contributed by atoms with Crippen molar-refractivity contribution in [1.82, 2.24) is 9.80 Å². The van der Waals surface area contributed by atoms with E-state index in [2.05, 4.69) is 23.8 Å². The summed E-state index contributed by atoms with van der Waals surface area (Å²) >= 11 is 0. The Morgan fingerprint density at radius 3 is 2.56 bits per heavy atom. The Morgan fingerprint density at radius 2 is 1.94 bits per heavy atom. The summed E-state index contributed by atoms with van der Waals surface area (Å²) in [7, 11) is 2.16. The van der Waals surface area contributed by atoms with Gasteiger partial charge >= 0.3 is 5.97 Å². The molecule has 4 nitrogen and oxygen atoms in total. The summed E-state index contributed by atoms with van der Waals surface area (Å²) < 4.78 is 0. The lowest BCUT2D eigenvalue weighted by Crippen LogP contribution is -2.46. The predicted molar refractivity (Wildman–Crippen MR) is 71.7 cm³/mol. The summed E-state index contributed by atoms with van der Waals surface area (Å²) in [6, 6.07) is 0.467. The molecule has 0 radical (unpaired) electrons. The lowest BCUT2D eigenvalue weighted by atomic mass is 9.85. The number of hydrogen-bond donors (Lipinski definition) is 1. The van der Waals surface area contributed by atoms with Crippen LogP contribution in [0.2, 0.25) is 0 Å². The smallest absolute Gasteiger partial charge is 0.310 e. The maximum atomic E-state index is 11.6. The molecule has 0 amide bonds. The van der Waals surface area contributed by atoms with Crippen molar-refractivity contribution in [2.45, 2.75) is 45.1 Å². The highest BCUT2D eigenvalue weighted by Crippen LogP contribution is 2.39. The van der Waals surface area contributed by atoms with Gasteiger partial charge in [0, 0.05) is 19.1 Å². The fourth-order valence-corrected chi connectivity index (χ4v) is 3.54. The molecule has 0 spiro atoms. The summed E-state index contributed by atoms with van der Waals surface area (Å²) in [5.41, 5.74) is -0.461. The van der Waals surface area contributed by atoms with E-state index in [0.29, 0.717) is 6.04 Å². The summed E-state index contributed by atoms with van der Waals surface area (Å²) in [4.78, 5) is 16.4. The van der Waals surface area contributed by atoms with Gasteiger partial charge in [0.2, 0.25) is 0 Å². The van der Waals surface area contributed by atoms with Crippen LogP contribution >= 0.6 is 0 Å². The van der Waals surface area contributed by atoms with Crippen molar-refractivity contribution in [3.63, 3.8) is 0 Å². The third-order valence-electron chi connectivity index (χ3n) is 4.70. The molecule has 18 heavy (non-hydrogen) atoms. The van der Waals surface area contributed by atoms with Crippen molar-refractivity contribution < 1.29 is 9.90 Å². The largest absolute Gasteiger partial charge is 0.481 e. The lowest BCUT2D eigenvalue weighted by Gasteiger charge is -2.35. The first-order valence-electron chi connectivity index (χ1n) is 7.19. The number of aliphatic carboxylic acids is 1. The van der Waals surface area contributed by atoms with Gasteiger partial charge in [-0.3, -0.25) is 9.69 Å². The molecule has 1 saturated carbocycles.